The zero-order valence-corrected chi connectivity index (χ0v) is 15.0. The molecule has 1 aliphatic heterocycles. The molecule has 1 atom stereocenters. The summed E-state index contributed by atoms with van der Waals surface area (Å²) in [5, 5.41) is 7.18. The molecule has 1 amide bonds. The fourth-order valence-electron chi connectivity index (χ4n) is 3.47. The number of rotatable bonds is 3. The highest BCUT2D eigenvalue weighted by Crippen LogP contribution is 2.23. The molecule has 0 aliphatic carbocycles. The zero-order chi connectivity index (χ0) is 18.1. The van der Waals surface area contributed by atoms with E-state index in [0.29, 0.717) is 5.56 Å². The van der Waals surface area contributed by atoms with Gasteiger partial charge in [0.05, 0.1) is 28.5 Å². The third kappa shape index (κ3) is 3.24. The Bertz CT molecular complexity index is 950. The van der Waals surface area contributed by atoms with Crippen LogP contribution < -0.4 is 10.2 Å². The van der Waals surface area contributed by atoms with Crippen molar-refractivity contribution < 1.29 is 4.79 Å². The van der Waals surface area contributed by atoms with Crippen LogP contribution in [0.4, 0.5) is 5.82 Å². The summed E-state index contributed by atoms with van der Waals surface area (Å²) in [6, 6.07) is 8.00. The number of fused-ring (bicyclic) bond motifs is 1. The molecule has 1 N–H and O–H groups in total. The van der Waals surface area contributed by atoms with Crippen molar-refractivity contribution in [2.75, 3.05) is 18.0 Å². The fourth-order valence-corrected chi connectivity index (χ4v) is 3.47. The summed E-state index contributed by atoms with van der Waals surface area (Å²) in [6.07, 6.45) is 5.29. The Morgan fingerprint density at radius 3 is 2.73 bits per heavy atom. The van der Waals surface area contributed by atoms with Crippen LogP contribution in [0, 0.1) is 6.92 Å². The van der Waals surface area contributed by atoms with Crippen molar-refractivity contribution in [3.05, 3.63) is 47.9 Å². The molecule has 2 aromatic heterocycles. The normalized spacial score (nSPS) is 17.5. The number of nitrogens with zero attached hydrogens (tertiary/aromatic N) is 5. The maximum atomic E-state index is 12.4. The number of aromatic nitrogens is 4. The number of carbonyl (C=O) groups excluding carboxylic acids is 1. The van der Waals surface area contributed by atoms with Gasteiger partial charge in [0.1, 0.15) is 0 Å². The van der Waals surface area contributed by atoms with Gasteiger partial charge in [-0.25, -0.2) is 9.97 Å². The molecule has 3 heterocycles. The SMILES string of the molecule is Cc1nc2ccccc2nc1N1CCCC(NC(=O)c2cnn(C)c2)C1. The predicted octanol–water partition coefficient (Wildman–Crippen LogP) is 2.07. The molecule has 7 heteroatoms. The average molecular weight is 350 g/mol. The molecule has 4 rings (SSSR count). The second kappa shape index (κ2) is 6.74. The summed E-state index contributed by atoms with van der Waals surface area (Å²) in [5.41, 5.74) is 3.32. The molecule has 1 saturated heterocycles. The van der Waals surface area contributed by atoms with Gasteiger partial charge in [0, 0.05) is 32.4 Å². The van der Waals surface area contributed by atoms with Crippen LogP contribution in [0.25, 0.3) is 11.0 Å². The third-order valence-electron chi connectivity index (χ3n) is 4.74. The van der Waals surface area contributed by atoms with E-state index in [1.165, 1.54) is 0 Å². The van der Waals surface area contributed by atoms with Crippen LogP contribution >= 0.6 is 0 Å². The summed E-state index contributed by atoms with van der Waals surface area (Å²) in [4.78, 5) is 24.1. The van der Waals surface area contributed by atoms with Crippen LogP contribution in [0.1, 0.15) is 28.9 Å². The van der Waals surface area contributed by atoms with E-state index in [1.54, 1.807) is 24.1 Å². The van der Waals surface area contributed by atoms with Gasteiger partial charge in [-0.2, -0.15) is 5.10 Å². The van der Waals surface area contributed by atoms with Crippen molar-refractivity contribution in [1.29, 1.82) is 0 Å². The summed E-state index contributed by atoms with van der Waals surface area (Å²) in [7, 11) is 1.81. The van der Waals surface area contributed by atoms with Crippen molar-refractivity contribution in [2.24, 2.45) is 7.05 Å². The second-order valence-corrected chi connectivity index (χ2v) is 6.78. The molecule has 1 unspecified atom stereocenters. The summed E-state index contributed by atoms with van der Waals surface area (Å²) in [5.74, 6) is 0.829. The first-order valence-corrected chi connectivity index (χ1v) is 8.88. The molecule has 0 bridgehead atoms. The monoisotopic (exact) mass is 350 g/mol. The molecule has 134 valence electrons. The fraction of sp³-hybridized carbons (Fsp3) is 0.368. The average Bonchev–Trinajstić information content (AvgIpc) is 3.08. The Labute approximate surface area is 152 Å². The molecule has 0 radical (unpaired) electrons. The largest absolute Gasteiger partial charge is 0.353 e. The van der Waals surface area contributed by atoms with E-state index in [0.717, 1.165) is 48.5 Å². The van der Waals surface area contributed by atoms with Crippen LogP contribution in [0.2, 0.25) is 0 Å². The Morgan fingerprint density at radius 1 is 1.23 bits per heavy atom. The molecular weight excluding hydrogens is 328 g/mol. The number of para-hydroxylation sites is 2. The molecule has 1 aliphatic rings. The van der Waals surface area contributed by atoms with Crippen molar-refractivity contribution in [1.82, 2.24) is 25.1 Å². The number of carbonyl (C=O) groups is 1. The number of hydrogen-bond acceptors (Lipinski definition) is 5. The third-order valence-corrected chi connectivity index (χ3v) is 4.74. The highest BCUT2D eigenvalue weighted by Gasteiger charge is 2.24. The number of benzene rings is 1. The summed E-state index contributed by atoms with van der Waals surface area (Å²) < 4.78 is 1.64. The number of piperidine rings is 1. The van der Waals surface area contributed by atoms with Crippen molar-refractivity contribution in [2.45, 2.75) is 25.8 Å². The van der Waals surface area contributed by atoms with Crippen LogP contribution in [0.15, 0.2) is 36.7 Å². The maximum Gasteiger partial charge on any atom is 0.254 e. The van der Waals surface area contributed by atoms with Gasteiger partial charge in [0.2, 0.25) is 0 Å². The number of anilines is 1. The van der Waals surface area contributed by atoms with Gasteiger partial charge < -0.3 is 10.2 Å². The van der Waals surface area contributed by atoms with E-state index in [2.05, 4.69) is 20.3 Å². The number of hydrogen-bond donors (Lipinski definition) is 1. The minimum atomic E-state index is -0.0775. The molecule has 7 nitrogen and oxygen atoms in total. The van der Waals surface area contributed by atoms with Gasteiger partial charge in [0.25, 0.3) is 5.91 Å². The standard InChI is InChI=1S/C19H22N6O/c1-13-18(23-17-8-4-3-7-16(17)21-13)25-9-5-6-15(12-25)22-19(26)14-10-20-24(2)11-14/h3-4,7-8,10-11,15H,5-6,9,12H2,1-2H3,(H,22,26). The molecule has 0 saturated carbocycles. The second-order valence-electron chi connectivity index (χ2n) is 6.78. The van der Waals surface area contributed by atoms with Crippen molar-refractivity contribution in [3.63, 3.8) is 0 Å². The first-order chi connectivity index (χ1) is 12.6. The van der Waals surface area contributed by atoms with Crippen LogP contribution in [0.3, 0.4) is 0 Å². The highest BCUT2D eigenvalue weighted by atomic mass is 16.1. The smallest absolute Gasteiger partial charge is 0.254 e. The summed E-state index contributed by atoms with van der Waals surface area (Å²) >= 11 is 0. The van der Waals surface area contributed by atoms with Gasteiger partial charge in [-0.1, -0.05) is 12.1 Å². The van der Waals surface area contributed by atoms with Crippen LogP contribution in [0.5, 0.6) is 0 Å². The van der Waals surface area contributed by atoms with E-state index in [1.807, 2.05) is 31.2 Å². The Kier molecular flexibility index (Phi) is 4.28. The lowest BCUT2D eigenvalue weighted by Crippen LogP contribution is -2.48. The van der Waals surface area contributed by atoms with Gasteiger partial charge in [0.15, 0.2) is 5.82 Å². The van der Waals surface area contributed by atoms with Gasteiger partial charge in [-0.05, 0) is 31.9 Å². The molecule has 1 aromatic carbocycles. The molecule has 26 heavy (non-hydrogen) atoms. The predicted molar refractivity (Wildman–Crippen MR) is 100 cm³/mol. The highest BCUT2D eigenvalue weighted by molar-refractivity contribution is 5.93. The molecule has 1 fully saturated rings. The van der Waals surface area contributed by atoms with Crippen LogP contribution in [-0.4, -0.2) is 44.8 Å². The minimum Gasteiger partial charge on any atom is -0.353 e. The lowest BCUT2D eigenvalue weighted by atomic mass is 10.0. The van der Waals surface area contributed by atoms with E-state index >= 15 is 0 Å². The molecule has 0 spiro atoms. The first-order valence-electron chi connectivity index (χ1n) is 8.88. The first kappa shape index (κ1) is 16.5. The van der Waals surface area contributed by atoms with Crippen LogP contribution in [-0.2, 0) is 7.05 Å². The lowest BCUT2D eigenvalue weighted by molar-refractivity contribution is 0.0933. The number of aryl methyl sites for hydroxylation is 2. The van der Waals surface area contributed by atoms with E-state index in [-0.39, 0.29) is 11.9 Å². The summed E-state index contributed by atoms with van der Waals surface area (Å²) in [6.45, 7) is 3.65. The topological polar surface area (TPSA) is 75.9 Å². The molecular formula is C19H22N6O. The number of amides is 1. The van der Waals surface area contributed by atoms with E-state index < -0.39 is 0 Å². The zero-order valence-electron chi connectivity index (χ0n) is 15.0. The van der Waals surface area contributed by atoms with Gasteiger partial charge >= 0.3 is 0 Å². The van der Waals surface area contributed by atoms with E-state index in [9.17, 15) is 4.79 Å². The number of nitrogens with one attached hydrogen (secondary N) is 1. The molecule has 3 aromatic rings. The van der Waals surface area contributed by atoms with E-state index in [4.69, 9.17) is 4.98 Å². The minimum absolute atomic E-state index is 0.0775. The maximum absolute atomic E-state index is 12.4. The van der Waals surface area contributed by atoms with Crippen molar-refractivity contribution in [3.8, 4) is 0 Å². The Balaban J connectivity index is 1.51. The Hall–Kier alpha value is -2.96. The Morgan fingerprint density at radius 2 is 2.00 bits per heavy atom. The quantitative estimate of drug-likeness (QED) is 0.783. The van der Waals surface area contributed by atoms with Gasteiger partial charge in [-0.15, -0.1) is 0 Å². The van der Waals surface area contributed by atoms with Gasteiger partial charge in [-0.3, -0.25) is 9.48 Å². The lowest BCUT2D eigenvalue weighted by Gasteiger charge is -2.34. The van der Waals surface area contributed by atoms with Crippen molar-refractivity contribution >= 4 is 22.8 Å².